The van der Waals surface area contributed by atoms with Crippen LogP contribution in [0, 0.1) is 0 Å². The molecular formula is C18H23N3. The van der Waals surface area contributed by atoms with Gasteiger partial charge in [0.1, 0.15) is 11.6 Å². The summed E-state index contributed by atoms with van der Waals surface area (Å²) in [5.74, 6) is 2.58. The lowest BCUT2D eigenvalue weighted by atomic mass is 9.79. The normalized spacial score (nSPS) is 14.8. The van der Waals surface area contributed by atoms with Gasteiger partial charge in [-0.05, 0) is 36.8 Å². The van der Waals surface area contributed by atoms with E-state index in [0.717, 1.165) is 36.1 Å². The Morgan fingerprint density at radius 1 is 1.19 bits per heavy atom. The molecule has 3 heteroatoms. The Balaban J connectivity index is 1.96. The van der Waals surface area contributed by atoms with Crippen LogP contribution in [0.1, 0.15) is 49.9 Å². The number of nitrogens with zero attached hydrogens (tertiary/aromatic N) is 2. The van der Waals surface area contributed by atoms with Gasteiger partial charge in [-0.25, -0.2) is 9.97 Å². The molecule has 0 atom stereocenters. The maximum absolute atomic E-state index is 4.73. The van der Waals surface area contributed by atoms with Crippen molar-refractivity contribution in [3.8, 4) is 11.3 Å². The number of rotatable bonds is 5. The molecule has 1 fully saturated rings. The highest BCUT2D eigenvalue weighted by molar-refractivity contribution is 5.63. The van der Waals surface area contributed by atoms with Crippen LogP contribution in [0.25, 0.3) is 11.3 Å². The molecule has 0 unspecified atom stereocenters. The Kier molecular flexibility index (Phi) is 4.18. The average Bonchev–Trinajstić information content (AvgIpc) is 2.46. The third kappa shape index (κ3) is 3.07. The number of hydrogen-bond donors (Lipinski definition) is 1. The highest BCUT2D eigenvalue weighted by Crippen LogP contribution is 2.37. The molecule has 1 heterocycles. The number of aryl methyl sites for hydroxylation is 1. The SMILES string of the molecule is CCCc1nc(NC)cc(-c2cccc(C3CCC3)c2)n1. The first kappa shape index (κ1) is 14.1. The van der Waals surface area contributed by atoms with Gasteiger partial charge in [0.25, 0.3) is 0 Å². The lowest BCUT2D eigenvalue weighted by molar-refractivity contribution is 0.420. The molecule has 0 spiro atoms. The summed E-state index contributed by atoms with van der Waals surface area (Å²) >= 11 is 0. The van der Waals surface area contributed by atoms with E-state index in [-0.39, 0.29) is 0 Å². The molecular weight excluding hydrogens is 258 g/mol. The third-order valence-electron chi connectivity index (χ3n) is 4.26. The lowest BCUT2D eigenvalue weighted by Crippen LogP contribution is -2.08. The van der Waals surface area contributed by atoms with E-state index >= 15 is 0 Å². The molecule has 0 amide bonds. The van der Waals surface area contributed by atoms with Crippen molar-refractivity contribution in [3.63, 3.8) is 0 Å². The van der Waals surface area contributed by atoms with Gasteiger partial charge in [-0.1, -0.05) is 31.5 Å². The van der Waals surface area contributed by atoms with Crippen molar-refractivity contribution in [2.24, 2.45) is 0 Å². The number of hydrogen-bond acceptors (Lipinski definition) is 3. The number of nitrogens with one attached hydrogen (secondary N) is 1. The number of anilines is 1. The Morgan fingerprint density at radius 3 is 2.71 bits per heavy atom. The van der Waals surface area contributed by atoms with Crippen LogP contribution < -0.4 is 5.32 Å². The van der Waals surface area contributed by atoms with Gasteiger partial charge in [0.05, 0.1) is 5.69 Å². The van der Waals surface area contributed by atoms with E-state index in [1.54, 1.807) is 0 Å². The highest BCUT2D eigenvalue weighted by atomic mass is 15.0. The summed E-state index contributed by atoms with van der Waals surface area (Å²) in [6, 6.07) is 10.9. The maximum Gasteiger partial charge on any atom is 0.131 e. The fraction of sp³-hybridized carbons (Fsp3) is 0.444. The van der Waals surface area contributed by atoms with Crippen LogP contribution in [0.4, 0.5) is 5.82 Å². The van der Waals surface area contributed by atoms with Crippen LogP contribution in [-0.4, -0.2) is 17.0 Å². The summed E-state index contributed by atoms with van der Waals surface area (Å²) in [5.41, 5.74) is 3.69. The largest absolute Gasteiger partial charge is 0.373 e. The van der Waals surface area contributed by atoms with E-state index in [9.17, 15) is 0 Å². The minimum absolute atomic E-state index is 0.755. The second-order valence-electron chi connectivity index (χ2n) is 5.81. The van der Waals surface area contributed by atoms with E-state index in [1.165, 1.54) is 30.4 Å². The zero-order valence-electron chi connectivity index (χ0n) is 12.9. The van der Waals surface area contributed by atoms with Gasteiger partial charge in [-0.3, -0.25) is 0 Å². The molecule has 0 saturated heterocycles. The first-order valence-electron chi connectivity index (χ1n) is 7.96. The Bertz CT molecular complexity index is 618. The number of aromatic nitrogens is 2. The average molecular weight is 281 g/mol. The van der Waals surface area contributed by atoms with Crippen molar-refractivity contribution in [2.45, 2.75) is 44.9 Å². The van der Waals surface area contributed by atoms with Gasteiger partial charge in [-0.15, -0.1) is 0 Å². The van der Waals surface area contributed by atoms with Crippen LogP contribution in [0.2, 0.25) is 0 Å². The summed E-state index contributed by atoms with van der Waals surface area (Å²) in [6.45, 7) is 2.16. The second kappa shape index (κ2) is 6.25. The molecule has 2 aromatic rings. The Morgan fingerprint density at radius 2 is 2.05 bits per heavy atom. The zero-order valence-corrected chi connectivity index (χ0v) is 12.9. The molecule has 0 aliphatic heterocycles. The quantitative estimate of drug-likeness (QED) is 0.882. The van der Waals surface area contributed by atoms with E-state index in [0.29, 0.717) is 0 Å². The minimum atomic E-state index is 0.755. The Hall–Kier alpha value is -1.90. The second-order valence-corrected chi connectivity index (χ2v) is 5.81. The van der Waals surface area contributed by atoms with Gasteiger partial charge in [-0.2, -0.15) is 0 Å². The van der Waals surface area contributed by atoms with Crippen LogP contribution in [0.3, 0.4) is 0 Å². The lowest BCUT2D eigenvalue weighted by Gasteiger charge is -2.26. The van der Waals surface area contributed by atoms with Crippen molar-refractivity contribution in [2.75, 3.05) is 12.4 Å². The molecule has 1 aromatic heterocycles. The van der Waals surface area contributed by atoms with Gasteiger partial charge in [0.15, 0.2) is 0 Å². The fourth-order valence-electron chi connectivity index (χ4n) is 2.80. The summed E-state index contributed by atoms with van der Waals surface area (Å²) < 4.78 is 0. The predicted octanol–water partition coefficient (Wildman–Crippen LogP) is 4.41. The molecule has 1 aliphatic carbocycles. The third-order valence-corrected chi connectivity index (χ3v) is 4.26. The number of benzene rings is 1. The summed E-state index contributed by atoms with van der Waals surface area (Å²) in [4.78, 5) is 9.26. The van der Waals surface area contributed by atoms with E-state index < -0.39 is 0 Å². The standard InChI is InChI=1S/C18H23N3/c1-3-6-17-20-16(12-18(19-2)21-17)15-10-5-9-14(11-15)13-7-4-8-13/h5,9-13H,3-4,6-8H2,1-2H3,(H,19,20,21). The first-order chi connectivity index (χ1) is 10.3. The molecule has 21 heavy (non-hydrogen) atoms. The van der Waals surface area contributed by atoms with E-state index in [1.807, 2.05) is 13.1 Å². The topological polar surface area (TPSA) is 37.8 Å². The summed E-state index contributed by atoms with van der Waals surface area (Å²) in [7, 11) is 1.91. The maximum atomic E-state index is 4.73. The van der Waals surface area contributed by atoms with Crippen molar-refractivity contribution in [3.05, 3.63) is 41.7 Å². The van der Waals surface area contributed by atoms with E-state index in [4.69, 9.17) is 4.98 Å². The van der Waals surface area contributed by atoms with Crippen LogP contribution in [0.15, 0.2) is 30.3 Å². The van der Waals surface area contributed by atoms with Crippen molar-refractivity contribution in [1.82, 2.24) is 9.97 Å². The van der Waals surface area contributed by atoms with Gasteiger partial charge in [0.2, 0.25) is 0 Å². The molecule has 1 aromatic carbocycles. The van der Waals surface area contributed by atoms with Gasteiger partial charge >= 0.3 is 0 Å². The Labute approximate surface area is 126 Å². The van der Waals surface area contributed by atoms with E-state index in [2.05, 4.69) is 41.5 Å². The van der Waals surface area contributed by atoms with Crippen LogP contribution >= 0.6 is 0 Å². The van der Waals surface area contributed by atoms with Gasteiger partial charge < -0.3 is 5.32 Å². The van der Waals surface area contributed by atoms with Crippen molar-refractivity contribution >= 4 is 5.82 Å². The summed E-state index contributed by atoms with van der Waals surface area (Å²) in [5, 5.41) is 3.14. The molecule has 0 radical (unpaired) electrons. The monoisotopic (exact) mass is 281 g/mol. The van der Waals surface area contributed by atoms with Crippen LogP contribution in [-0.2, 0) is 6.42 Å². The molecule has 1 aliphatic rings. The van der Waals surface area contributed by atoms with Crippen molar-refractivity contribution < 1.29 is 0 Å². The molecule has 1 N–H and O–H groups in total. The fourth-order valence-corrected chi connectivity index (χ4v) is 2.80. The van der Waals surface area contributed by atoms with Crippen LogP contribution in [0.5, 0.6) is 0 Å². The van der Waals surface area contributed by atoms with Crippen molar-refractivity contribution in [1.29, 1.82) is 0 Å². The smallest absolute Gasteiger partial charge is 0.131 e. The summed E-state index contributed by atoms with van der Waals surface area (Å²) in [6.07, 6.45) is 6.01. The highest BCUT2D eigenvalue weighted by Gasteiger charge is 2.19. The minimum Gasteiger partial charge on any atom is -0.373 e. The molecule has 110 valence electrons. The molecule has 0 bridgehead atoms. The predicted molar refractivity (Wildman–Crippen MR) is 87.6 cm³/mol. The molecule has 1 saturated carbocycles. The zero-order chi connectivity index (χ0) is 14.7. The van der Waals surface area contributed by atoms with Gasteiger partial charge in [0, 0.05) is 25.1 Å². The molecule has 3 rings (SSSR count). The molecule has 3 nitrogen and oxygen atoms in total. The first-order valence-corrected chi connectivity index (χ1v) is 7.96.